The SMILES string of the molecule is Cc1ccc(C)c(N2CC(O)=C(c3nc(-c4ccccc4)c(C)s3)C2=N)c1. The van der Waals surface area contributed by atoms with Gasteiger partial charge in [0.1, 0.15) is 16.6 Å². The lowest BCUT2D eigenvalue weighted by atomic mass is 10.1. The fraction of sp³-hybridized carbons (Fsp3) is 0.182. The first-order chi connectivity index (χ1) is 13.0. The number of aliphatic hydroxyl groups is 1. The number of thiazole rings is 1. The lowest BCUT2D eigenvalue weighted by molar-refractivity contribution is 0.411. The van der Waals surface area contributed by atoms with E-state index in [0.29, 0.717) is 23.0 Å². The van der Waals surface area contributed by atoms with Crippen LogP contribution in [-0.4, -0.2) is 22.5 Å². The molecule has 0 spiro atoms. The summed E-state index contributed by atoms with van der Waals surface area (Å²) in [7, 11) is 0. The summed E-state index contributed by atoms with van der Waals surface area (Å²) < 4.78 is 0. The third kappa shape index (κ3) is 3.04. The van der Waals surface area contributed by atoms with Crippen molar-refractivity contribution in [2.75, 3.05) is 11.4 Å². The molecule has 0 bridgehead atoms. The molecule has 2 N–H and O–H groups in total. The highest BCUT2D eigenvalue weighted by molar-refractivity contribution is 7.13. The summed E-state index contributed by atoms with van der Waals surface area (Å²) in [6.07, 6.45) is 0. The number of hydrogen-bond donors (Lipinski definition) is 2. The molecule has 4 rings (SSSR count). The van der Waals surface area contributed by atoms with Gasteiger partial charge in [-0.15, -0.1) is 11.3 Å². The standard InChI is InChI=1S/C22H21N3OS/c1-13-9-10-14(2)17(11-13)25-12-18(26)19(21(25)23)22-24-20(15(3)27-22)16-7-5-4-6-8-16/h4-11,23,26H,12H2,1-3H3. The maximum absolute atomic E-state index is 10.6. The Labute approximate surface area is 163 Å². The lowest BCUT2D eigenvalue weighted by Gasteiger charge is -2.21. The summed E-state index contributed by atoms with van der Waals surface area (Å²) in [6, 6.07) is 16.2. The predicted octanol–water partition coefficient (Wildman–Crippen LogP) is 5.50. The average molecular weight is 375 g/mol. The molecule has 2 heterocycles. The van der Waals surface area contributed by atoms with E-state index in [-0.39, 0.29) is 5.76 Å². The zero-order valence-corrected chi connectivity index (χ0v) is 16.4. The van der Waals surface area contributed by atoms with Gasteiger partial charge in [0, 0.05) is 16.1 Å². The molecule has 0 atom stereocenters. The van der Waals surface area contributed by atoms with Gasteiger partial charge in [-0.05, 0) is 38.0 Å². The number of anilines is 1. The molecule has 0 unspecified atom stereocenters. The van der Waals surface area contributed by atoms with Crippen LogP contribution in [0.1, 0.15) is 21.0 Å². The van der Waals surface area contributed by atoms with Crippen molar-refractivity contribution >= 4 is 28.4 Å². The van der Waals surface area contributed by atoms with Crippen LogP contribution in [0.4, 0.5) is 5.69 Å². The van der Waals surface area contributed by atoms with E-state index in [9.17, 15) is 5.11 Å². The summed E-state index contributed by atoms with van der Waals surface area (Å²) >= 11 is 1.52. The van der Waals surface area contributed by atoms with Crippen LogP contribution in [0.3, 0.4) is 0 Å². The first-order valence-corrected chi connectivity index (χ1v) is 9.66. The minimum Gasteiger partial charge on any atom is -0.510 e. The molecule has 136 valence electrons. The first-order valence-electron chi connectivity index (χ1n) is 8.84. The van der Waals surface area contributed by atoms with Gasteiger partial charge in [0.2, 0.25) is 0 Å². The normalized spacial score (nSPS) is 14.3. The molecule has 5 heteroatoms. The van der Waals surface area contributed by atoms with Crippen LogP contribution in [0.5, 0.6) is 0 Å². The highest BCUT2D eigenvalue weighted by Gasteiger charge is 2.32. The Balaban J connectivity index is 1.72. The molecule has 0 fully saturated rings. The smallest absolute Gasteiger partial charge is 0.139 e. The second kappa shape index (κ2) is 6.67. The first kappa shape index (κ1) is 17.5. The zero-order valence-electron chi connectivity index (χ0n) is 15.6. The quantitative estimate of drug-likeness (QED) is 0.635. The highest BCUT2D eigenvalue weighted by atomic mass is 32.1. The van der Waals surface area contributed by atoms with Crippen molar-refractivity contribution in [3.05, 3.63) is 75.3 Å². The van der Waals surface area contributed by atoms with E-state index in [1.165, 1.54) is 11.3 Å². The van der Waals surface area contributed by atoms with Crippen molar-refractivity contribution in [2.24, 2.45) is 0 Å². The Hall–Kier alpha value is -2.92. The van der Waals surface area contributed by atoms with E-state index in [4.69, 9.17) is 10.4 Å². The summed E-state index contributed by atoms with van der Waals surface area (Å²) in [4.78, 5) is 7.70. The molecule has 4 nitrogen and oxygen atoms in total. The largest absolute Gasteiger partial charge is 0.510 e. The molecule has 1 aromatic heterocycles. The molecular weight excluding hydrogens is 354 g/mol. The number of amidine groups is 1. The molecule has 3 aromatic rings. The second-order valence-electron chi connectivity index (χ2n) is 6.84. The second-order valence-corrected chi connectivity index (χ2v) is 8.04. The van der Waals surface area contributed by atoms with E-state index in [1.807, 2.05) is 62.1 Å². The van der Waals surface area contributed by atoms with Crippen molar-refractivity contribution in [1.82, 2.24) is 4.98 Å². The molecule has 1 aliphatic heterocycles. The fourth-order valence-corrected chi connectivity index (χ4v) is 4.39. The van der Waals surface area contributed by atoms with Crippen LogP contribution in [0.15, 0.2) is 54.3 Å². The minimum absolute atomic E-state index is 0.203. The Morgan fingerprint density at radius 3 is 2.56 bits per heavy atom. The zero-order chi connectivity index (χ0) is 19.1. The Kier molecular flexibility index (Phi) is 4.32. The van der Waals surface area contributed by atoms with Crippen molar-refractivity contribution in [2.45, 2.75) is 20.8 Å². The maximum Gasteiger partial charge on any atom is 0.139 e. The monoisotopic (exact) mass is 375 g/mol. The molecule has 0 saturated carbocycles. The van der Waals surface area contributed by atoms with Gasteiger partial charge in [-0.2, -0.15) is 0 Å². The van der Waals surface area contributed by atoms with Gasteiger partial charge in [-0.3, -0.25) is 5.41 Å². The van der Waals surface area contributed by atoms with E-state index in [2.05, 4.69) is 12.1 Å². The number of hydrogen-bond acceptors (Lipinski definition) is 4. The number of aliphatic hydroxyl groups excluding tert-OH is 1. The number of rotatable bonds is 3. The highest BCUT2D eigenvalue weighted by Crippen LogP contribution is 2.37. The molecule has 0 saturated heterocycles. The molecule has 0 radical (unpaired) electrons. The molecule has 0 aliphatic carbocycles. The van der Waals surface area contributed by atoms with Gasteiger partial charge in [0.05, 0.1) is 17.8 Å². The van der Waals surface area contributed by atoms with E-state index in [0.717, 1.165) is 32.9 Å². The Bertz CT molecular complexity index is 1070. The number of nitrogens with one attached hydrogen (secondary N) is 1. The van der Waals surface area contributed by atoms with Crippen LogP contribution in [0, 0.1) is 26.2 Å². The van der Waals surface area contributed by atoms with E-state index in [1.54, 1.807) is 0 Å². The van der Waals surface area contributed by atoms with E-state index >= 15 is 0 Å². The van der Waals surface area contributed by atoms with Gasteiger partial charge in [0.25, 0.3) is 0 Å². The maximum atomic E-state index is 10.6. The molecular formula is C22H21N3OS. The van der Waals surface area contributed by atoms with Gasteiger partial charge in [0.15, 0.2) is 0 Å². The number of nitrogens with zero attached hydrogens (tertiary/aromatic N) is 2. The fourth-order valence-electron chi connectivity index (χ4n) is 3.39. The van der Waals surface area contributed by atoms with E-state index < -0.39 is 0 Å². The van der Waals surface area contributed by atoms with Gasteiger partial charge in [-0.25, -0.2) is 4.98 Å². The summed E-state index contributed by atoms with van der Waals surface area (Å²) in [5, 5.41) is 20.0. The van der Waals surface area contributed by atoms with Gasteiger partial charge < -0.3 is 10.0 Å². The summed E-state index contributed by atoms with van der Waals surface area (Å²) in [5.41, 5.74) is 5.67. The number of benzene rings is 2. The Morgan fingerprint density at radius 2 is 1.81 bits per heavy atom. The molecule has 1 aliphatic rings. The van der Waals surface area contributed by atoms with Crippen LogP contribution in [0.25, 0.3) is 16.8 Å². The average Bonchev–Trinajstić information content (AvgIpc) is 3.17. The summed E-state index contributed by atoms with van der Waals surface area (Å²) in [6.45, 7) is 6.39. The third-order valence-electron chi connectivity index (χ3n) is 4.82. The number of aryl methyl sites for hydroxylation is 3. The van der Waals surface area contributed by atoms with Crippen LogP contribution in [0.2, 0.25) is 0 Å². The lowest BCUT2D eigenvalue weighted by Crippen LogP contribution is -2.26. The van der Waals surface area contributed by atoms with Crippen LogP contribution >= 0.6 is 11.3 Å². The Morgan fingerprint density at radius 1 is 1.07 bits per heavy atom. The molecule has 2 aromatic carbocycles. The molecule has 27 heavy (non-hydrogen) atoms. The van der Waals surface area contributed by atoms with Crippen molar-refractivity contribution in [3.63, 3.8) is 0 Å². The minimum atomic E-state index is 0.203. The van der Waals surface area contributed by atoms with Crippen molar-refractivity contribution in [3.8, 4) is 11.3 Å². The van der Waals surface area contributed by atoms with Gasteiger partial charge in [-0.1, -0.05) is 42.5 Å². The topological polar surface area (TPSA) is 60.2 Å². The van der Waals surface area contributed by atoms with Crippen molar-refractivity contribution < 1.29 is 5.11 Å². The predicted molar refractivity (Wildman–Crippen MR) is 113 cm³/mol. The van der Waals surface area contributed by atoms with Gasteiger partial charge >= 0.3 is 0 Å². The summed E-state index contributed by atoms with van der Waals surface area (Å²) in [5.74, 6) is 0.504. The van der Waals surface area contributed by atoms with Crippen molar-refractivity contribution in [1.29, 1.82) is 5.41 Å². The van der Waals surface area contributed by atoms with Crippen LogP contribution < -0.4 is 4.90 Å². The van der Waals surface area contributed by atoms with Crippen LogP contribution in [-0.2, 0) is 0 Å². The molecule has 0 amide bonds. The number of aromatic nitrogens is 1. The third-order valence-corrected chi connectivity index (χ3v) is 5.80.